The van der Waals surface area contributed by atoms with Gasteiger partial charge in [0.2, 0.25) is 0 Å². The second-order valence-electron chi connectivity index (χ2n) is 6.56. The highest BCUT2D eigenvalue weighted by molar-refractivity contribution is 14.0. The Morgan fingerprint density at radius 1 is 1.06 bits per heavy atom. The van der Waals surface area contributed by atoms with E-state index in [0.29, 0.717) is 32.0 Å². The molecule has 0 atom stereocenters. The quantitative estimate of drug-likeness (QED) is 0.266. The number of halogens is 4. The molecular formula is C21H24F3IN6. The molecule has 166 valence electrons. The average molecular weight is 544 g/mol. The van der Waals surface area contributed by atoms with Crippen LogP contribution in [0.1, 0.15) is 23.6 Å². The highest BCUT2D eigenvalue weighted by atomic mass is 127. The van der Waals surface area contributed by atoms with Crippen molar-refractivity contribution in [1.29, 1.82) is 0 Å². The van der Waals surface area contributed by atoms with Crippen molar-refractivity contribution in [2.24, 2.45) is 4.99 Å². The van der Waals surface area contributed by atoms with Crippen molar-refractivity contribution in [3.8, 4) is 5.82 Å². The van der Waals surface area contributed by atoms with Crippen LogP contribution in [-0.4, -0.2) is 33.6 Å². The molecule has 0 bridgehead atoms. The molecule has 10 heteroatoms. The summed E-state index contributed by atoms with van der Waals surface area (Å²) in [6, 6.07) is 9.06. The first-order chi connectivity index (χ1) is 14.5. The standard InChI is InChI=1S/C21H23F3N6.HI/c1-2-26-20(28-10-7-16-3-5-18(6-4-16)21(22,23)24)29-14-17-8-9-27-19(13-17)30-12-11-25-15-30;/h3-6,8-9,11-13,15H,2,7,10,14H2,1H3,(H2,26,28,29);1H. The molecule has 0 saturated heterocycles. The number of pyridine rings is 1. The van der Waals surface area contributed by atoms with Crippen molar-refractivity contribution in [1.82, 2.24) is 25.2 Å². The van der Waals surface area contributed by atoms with Gasteiger partial charge in [-0.05, 0) is 48.7 Å². The van der Waals surface area contributed by atoms with Gasteiger partial charge in [0.1, 0.15) is 12.1 Å². The molecule has 0 aliphatic rings. The number of rotatable bonds is 7. The van der Waals surface area contributed by atoms with Gasteiger partial charge < -0.3 is 10.6 Å². The van der Waals surface area contributed by atoms with E-state index >= 15 is 0 Å². The molecule has 0 aliphatic heterocycles. The number of aliphatic imine (C=N–C) groups is 1. The van der Waals surface area contributed by atoms with Crippen molar-refractivity contribution in [2.45, 2.75) is 26.1 Å². The second kappa shape index (κ2) is 11.7. The Morgan fingerprint density at radius 3 is 2.48 bits per heavy atom. The second-order valence-corrected chi connectivity index (χ2v) is 6.56. The normalized spacial score (nSPS) is 11.7. The van der Waals surface area contributed by atoms with Crippen molar-refractivity contribution in [2.75, 3.05) is 13.1 Å². The summed E-state index contributed by atoms with van der Waals surface area (Å²) in [6.45, 7) is 3.67. The fraction of sp³-hybridized carbons (Fsp3) is 0.286. The summed E-state index contributed by atoms with van der Waals surface area (Å²) in [7, 11) is 0. The number of guanidine groups is 1. The van der Waals surface area contributed by atoms with E-state index in [1.807, 2.05) is 29.8 Å². The monoisotopic (exact) mass is 544 g/mol. The first-order valence-electron chi connectivity index (χ1n) is 9.57. The molecule has 2 heterocycles. The molecule has 1 aromatic carbocycles. The van der Waals surface area contributed by atoms with Crippen LogP contribution in [0.25, 0.3) is 5.82 Å². The third kappa shape index (κ3) is 7.53. The molecule has 31 heavy (non-hydrogen) atoms. The van der Waals surface area contributed by atoms with Crippen LogP contribution in [0, 0.1) is 0 Å². The summed E-state index contributed by atoms with van der Waals surface area (Å²) < 4.78 is 39.8. The lowest BCUT2D eigenvalue weighted by atomic mass is 10.1. The number of nitrogens with zero attached hydrogens (tertiary/aromatic N) is 4. The first kappa shape index (κ1) is 24.6. The van der Waals surface area contributed by atoms with E-state index in [1.54, 1.807) is 18.7 Å². The summed E-state index contributed by atoms with van der Waals surface area (Å²) in [4.78, 5) is 12.9. The minimum atomic E-state index is -4.31. The molecular weight excluding hydrogens is 520 g/mol. The van der Waals surface area contributed by atoms with Gasteiger partial charge in [-0.15, -0.1) is 24.0 Å². The third-order valence-electron chi connectivity index (χ3n) is 4.33. The molecule has 0 fully saturated rings. The minimum absolute atomic E-state index is 0. The molecule has 0 aliphatic carbocycles. The lowest BCUT2D eigenvalue weighted by molar-refractivity contribution is -0.137. The van der Waals surface area contributed by atoms with Crippen LogP contribution in [0.15, 0.2) is 66.3 Å². The highest BCUT2D eigenvalue weighted by Gasteiger charge is 2.29. The minimum Gasteiger partial charge on any atom is -0.357 e. The Labute approximate surface area is 196 Å². The summed E-state index contributed by atoms with van der Waals surface area (Å²) in [5.74, 6) is 1.41. The zero-order valence-corrected chi connectivity index (χ0v) is 19.3. The van der Waals surface area contributed by atoms with E-state index in [-0.39, 0.29) is 24.0 Å². The van der Waals surface area contributed by atoms with Gasteiger partial charge in [-0.1, -0.05) is 12.1 Å². The van der Waals surface area contributed by atoms with E-state index in [0.717, 1.165) is 29.1 Å². The van der Waals surface area contributed by atoms with E-state index in [2.05, 4.69) is 25.6 Å². The van der Waals surface area contributed by atoms with Gasteiger partial charge in [-0.3, -0.25) is 4.57 Å². The smallest absolute Gasteiger partial charge is 0.357 e. The SMILES string of the molecule is CCNC(=NCc1ccnc(-n2ccnc2)c1)NCCc1ccc(C(F)(F)F)cc1.I. The number of alkyl halides is 3. The maximum Gasteiger partial charge on any atom is 0.416 e. The van der Waals surface area contributed by atoms with E-state index < -0.39 is 11.7 Å². The highest BCUT2D eigenvalue weighted by Crippen LogP contribution is 2.29. The van der Waals surface area contributed by atoms with Crippen molar-refractivity contribution >= 4 is 29.9 Å². The lowest BCUT2D eigenvalue weighted by Gasteiger charge is -2.12. The van der Waals surface area contributed by atoms with Crippen molar-refractivity contribution in [3.63, 3.8) is 0 Å². The number of nitrogens with one attached hydrogen (secondary N) is 2. The average Bonchev–Trinajstić information content (AvgIpc) is 3.27. The Balaban J connectivity index is 0.00000341. The maximum atomic E-state index is 12.6. The fourth-order valence-corrected chi connectivity index (χ4v) is 2.79. The lowest BCUT2D eigenvalue weighted by Crippen LogP contribution is -2.38. The fourth-order valence-electron chi connectivity index (χ4n) is 2.79. The van der Waals surface area contributed by atoms with Gasteiger partial charge in [0, 0.05) is 31.7 Å². The molecule has 3 aromatic rings. The van der Waals surface area contributed by atoms with Gasteiger partial charge in [0.15, 0.2) is 5.96 Å². The van der Waals surface area contributed by atoms with Gasteiger partial charge in [0.25, 0.3) is 0 Å². The molecule has 0 unspecified atom stereocenters. The van der Waals surface area contributed by atoms with Crippen LogP contribution in [0.4, 0.5) is 13.2 Å². The molecule has 0 spiro atoms. The van der Waals surface area contributed by atoms with Crippen LogP contribution >= 0.6 is 24.0 Å². The van der Waals surface area contributed by atoms with Gasteiger partial charge in [-0.25, -0.2) is 15.0 Å². The Bertz CT molecular complexity index is 956. The summed E-state index contributed by atoms with van der Waals surface area (Å²) >= 11 is 0. The summed E-state index contributed by atoms with van der Waals surface area (Å²) in [5.41, 5.74) is 1.18. The zero-order chi connectivity index (χ0) is 21.4. The van der Waals surface area contributed by atoms with Gasteiger partial charge in [0.05, 0.1) is 12.1 Å². The summed E-state index contributed by atoms with van der Waals surface area (Å²) in [6.07, 6.45) is 3.20. The largest absolute Gasteiger partial charge is 0.416 e. The molecule has 3 rings (SSSR count). The van der Waals surface area contributed by atoms with Crippen LogP contribution in [0.2, 0.25) is 0 Å². The predicted octanol–water partition coefficient (Wildman–Crippen LogP) is 4.20. The number of benzene rings is 1. The van der Waals surface area contributed by atoms with Crippen molar-refractivity contribution < 1.29 is 13.2 Å². The molecule has 2 N–H and O–H groups in total. The van der Waals surface area contributed by atoms with Crippen LogP contribution in [0.5, 0.6) is 0 Å². The molecule has 0 radical (unpaired) electrons. The number of hydrogen-bond donors (Lipinski definition) is 2. The Morgan fingerprint density at radius 2 is 1.84 bits per heavy atom. The van der Waals surface area contributed by atoms with E-state index in [4.69, 9.17) is 0 Å². The van der Waals surface area contributed by atoms with Crippen LogP contribution in [-0.2, 0) is 19.1 Å². The third-order valence-corrected chi connectivity index (χ3v) is 4.33. The molecule has 0 saturated carbocycles. The topological polar surface area (TPSA) is 67.1 Å². The van der Waals surface area contributed by atoms with Crippen molar-refractivity contribution in [3.05, 3.63) is 78.0 Å². The number of aromatic nitrogens is 3. The van der Waals surface area contributed by atoms with E-state index in [1.165, 1.54) is 12.1 Å². The van der Waals surface area contributed by atoms with Gasteiger partial charge in [-0.2, -0.15) is 13.2 Å². The van der Waals surface area contributed by atoms with E-state index in [9.17, 15) is 13.2 Å². The zero-order valence-electron chi connectivity index (χ0n) is 16.9. The predicted molar refractivity (Wildman–Crippen MR) is 125 cm³/mol. The van der Waals surface area contributed by atoms with Gasteiger partial charge >= 0.3 is 6.18 Å². The first-order valence-corrected chi connectivity index (χ1v) is 9.57. The Kier molecular flexibility index (Phi) is 9.28. The molecule has 2 aromatic heterocycles. The molecule has 6 nitrogen and oxygen atoms in total. The Hall–Kier alpha value is -2.63. The molecule has 0 amide bonds. The summed E-state index contributed by atoms with van der Waals surface area (Å²) in [5, 5.41) is 6.38. The maximum absolute atomic E-state index is 12.6. The van der Waals surface area contributed by atoms with Crippen LogP contribution < -0.4 is 10.6 Å². The number of imidazole rings is 1. The number of hydrogen-bond acceptors (Lipinski definition) is 3. The van der Waals surface area contributed by atoms with Crippen LogP contribution in [0.3, 0.4) is 0 Å².